The van der Waals surface area contributed by atoms with E-state index < -0.39 is 0 Å². The molecule has 19 heavy (non-hydrogen) atoms. The minimum atomic E-state index is 0.0523. The van der Waals surface area contributed by atoms with E-state index in [0.717, 1.165) is 6.54 Å². The number of carbonyl (C=O) groups excluding carboxylic acids is 1. The molecule has 0 spiro atoms. The predicted octanol–water partition coefficient (Wildman–Crippen LogP) is 2.83. The van der Waals surface area contributed by atoms with Gasteiger partial charge < -0.3 is 10.6 Å². The van der Waals surface area contributed by atoms with Crippen LogP contribution < -0.4 is 10.6 Å². The summed E-state index contributed by atoms with van der Waals surface area (Å²) in [4.78, 5) is 12.7. The summed E-state index contributed by atoms with van der Waals surface area (Å²) in [6, 6.07) is 8.87. The Kier molecular flexibility index (Phi) is 6.95. The number of carbonyl (C=O) groups is 1. The van der Waals surface area contributed by atoms with Gasteiger partial charge in [0, 0.05) is 29.9 Å². The monoisotopic (exact) mass is 280 g/mol. The molecule has 1 rings (SSSR count). The molecule has 0 aliphatic heterocycles. The van der Waals surface area contributed by atoms with Crippen molar-refractivity contribution in [1.29, 1.82) is 0 Å². The molecule has 1 amide bonds. The van der Waals surface area contributed by atoms with Crippen LogP contribution in [0.2, 0.25) is 0 Å². The van der Waals surface area contributed by atoms with Crippen LogP contribution in [0.25, 0.3) is 0 Å². The van der Waals surface area contributed by atoms with Crippen molar-refractivity contribution >= 4 is 17.7 Å². The Morgan fingerprint density at radius 2 is 1.79 bits per heavy atom. The van der Waals surface area contributed by atoms with E-state index in [4.69, 9.17) is 0 Å². The molecule has 0 radical (unpaired) electrons. The normalized spacial score (nSPS) is 12.5. The third kappa shape index (κ3) is 5.66. The van der Waals surface area contributed by atoms with Crippen LogP contribution in [0.15, 0.2) is 29.2 Å². The van der Waals surface area contributed by atoms with Gasteiger partial charge in [0.05, 0.1) is 0 Å². The molecule has 106 valence electrons. The van der Waals surface area contributed by atoms with Crippen LogP contribution in [0.1, 0.15) is 32.4 Å². The fraction of sp³-hybridized carbons (Fsp3) is 0.533. The van der Waals surface area contributed by atoms with Crippen molar-refractivity contribution in [2.45, 2.75) is 31.7 Å². The highest BCUT2D eigenvalue weighted by atomic mass is 32.2. The van der Waals surface area contributed by atoms with Crippen LogP contribution >= 0.6 is 11.8 Å². The first-order chi connectivity index (χ1) is 9.04. The van der Waals surface area contributed by atoms with E-state index in [-0.39, 0.29) is 11.8 Å². The highest BCUT2D eigenvalue weighted by Gasteiger charge is 2.07. The Labute approximate surface area is 120 Å². The Bertz CT molecular complexity index is 390. The van der Waals surface area contributed by atoms with Crippen molar-refractivity contribution in [2.24, 2.45) is 5.92 Å². The lowest BCUT2D eigenvalue weighted by Crippen LogP contribution is -2.35. The second-order valence-corrected chi connectivity index (χ2v) is 5.77. The van der Waals surface area contributed by atoms with Gasteiger partial charge in [-0.3, -0.25) is 4.79 Å². The summed E-state index contributed by atoms with van der Waals surface area (Å²) >= 11 is 1.75. The molecular weight excluding hydrogens is 256 g/mol. The summed E-state index contributed by atoms with van der Waals surface area (Å²) in [7, 11) is 0. The largest absolute Gasteiger partial charge is 0.355 e. The van der Waals surface area contributed by atoms with Crippen molar-refractivity contribution < 1.29 is 4.79 Å². The zero-order valence-electron chi connectivity index (χ0n) is 12.2. The lowest BCUT2D eigenvalue weighted by atomic mass is 10.1. The van der Waals surface area contributed by atoms with E-state index in [1.807, 2.05) is 13.8 Å². The van der Waals surface area contributed by atoms with Crippen molar-refractivity contribution in [2.75, 3.05) is 19.3 Å². The van der Waals surface area contributed by atoms with Gasteiger partial charge in [-0.25, -0.2) is 0 Å². The van der Waals surface area contributed by atoms with Crippen LogP contribution in [-0.4, -0.2) is 25.3 Å². The average Bonchev–Trinajstić information content (AvgIpc) is 2.43. The van der Waals surface area contributed by atoms with E-state index >= 15 is 0 Å². The summed E-state index contributed by atoms with van der Waals surface area (Å²) in [5, 5.41) is 6.31. The van der Waals surface area contributed by atoms with E-state index in [0.29, 0.717) is 12.6 Å². The zero-order valence-corrected chi connectivity index (χ0v) is 13.0. The second kappa shape index (κ2) is 8.23. The molecule has 0 saturated heterocycles. The van der Waals surface area contributed by atoms with E-state index in [1.54, 1.807) is 11.8 Å². The number of amides is 1. The number of benzene rings is 1. The molecule has 2 N–H and O–H groups in total. The van der Waals surface area contributed by atoms with Crippen molar-refractivity contribution in [3.8, 4) is 0 Å². The summed E-state index contributed by atoms with van der Waals surface area (Å²) in [5.74, 6) is 0.162. The molecule has 0 aliphatic rings. The molecule has 1 aromatic rings. The first kappa shape index (κ1) is 16.1. The minimum absolute atomic E-state index is 0.0523. The van der Waals surface area contributed by atoms with Gasteiger partial charge >= 0.3 is 0 Å². The second-order valence-electron chi connectivity index (χ2n) is 4.89. The third-order valence-corrected chi connectivity index (χ3v) is 3.76. The minimum Gasteiger partial charge on any atom is -0.355 e. The van der Waals surface area contributed by atoms with Gasteiger partial charge in [-0.05, 0) is 30.9 Å². The Morgan fingerprint density at radius 3 is 2.32 bits per heavy atom. The van der Waals surface area contributed by atoms with Crippen molar-refractivity contribution in [3.05, 3.63) is 29.8 Å². The zero-order chi connectivity index (χ0) is 14.3. The summed E-state index contributed by atoms with van der Waals surface area (Å²) in [6.07, 6.45) is 2.08. The highest BCUT2D eigenvalue weighted by molar-refractivity contribution is 7.98. The molecule has 0 fully saturated rings. The van der Waals surface area contributed by atoms with Crippen LogP contribution in [0.3, 0.4) is 0 Å². The van der Waals surface area contributed by atoms with Gasteiger partial charge in [-0.2, -0.15) is 0 Å². The molecular formula is C15H24N2OS. The van der Waals surface area contributed by atoms with Crippen LogP contribution in [0, 0.1) is 5.92 Å². The van der Waals surface area contributed by atoms with E-state index in [9.17, 15) is 4.79 Å². The topological polar surface area (TPSA) is 41.1 Å². The molecule has 1 aromatic carbocycles. The van der Waals surface area contributed by atoms with Crippen molar-refractivity contribution in [3.63, 3.8) is 0 Å². The van der Waals surface area contributed by atoms with Gasteiger partial charge in [0.25, 0.3) is 0 Å². The number of rotatable bonds is 7. The van der Waals surface area contributed by atoms with Crippen LogP contribution in [0.5, 0.6) is 0 Å². The maximum absolute atomic E-state index is 11.4. The maximum Gasteiger partial charge on any atom is 0.222 e. The molecule has 1 unspecified atom stereocenters. The van der Waals surface area contributed by atoms with E-state index in [2.05, 4.69) is 48.1 Å². The average molecular weight is 280 g/mol. The van der Waals surface area contributed by atoms with Crippen LogP contribution in [-0.2, 0) is 4.79 Å². The fourth-order valence-electron chi connectivity index (χ4n) is 1.69. The molecule has 0 aromatic heterocycles. The van der Waals surface area contributed by atoms with Gasteiger partial charge in [-0.15, -0.1) is 11.8 Å². The predicted molar refractivity (Wildman–Crippen MR) is 82.5 cm³/mol. The fourth-order valence-corrected chi connectivity index (χ4v) is 2.10. The molecule has 4 heteroatoms. The molecule has 3 nitrogen and oxygen atoms in total. The summed E-state index contributed by atoms with van der Waals surface area (Å²) < 4.78 is 0. The van der Waals surface area contributed by atoms with E-state index in [1.165, 1.54) is 10.5 Å². The summed E-state index contributed by atoms with van der Waals surface area (Å²) in [6.45, 7) is 7.39. The van der Waals surface area contributed by atoms with Gasteiger partial charge in [0.1, 0.15) is 0 Å². The Hall–Kier alpha value is -1.00. The van der Waals surface area contributed by atoms with Crippen LogP contribution in [0.4, 0.5) is 0 Å². The molecule has 0 bridgehead atoms. The molecule has 0 saturated carbocycles. The molecule has 0 aliphatic carbocycles. The van der Waals surface area contributed by atoms with Crippen molar-refractivity contribution in [1.82, 2.24) is 10.6 Å². The number of nitrogens with one attached hydrogen (secondary N) is 2. The first-order valence-electron chi connectivity index (χ1n) is 6.69. The standard InChI is InChI=1S/C15H24N2OS/c1-11(2)15(18)17-10-9-16-12(3)13-5-7-14(19-4)8-6-13/h5-8,11-12,16H,9-10H2,1-4H3,(H,17,18). The quantitative estimate of drug-likeness (QED) is 0.596. The van der Waals surface area contributed by atoms with Gasteiger partial charge in [-0.1, -0.05) is 26.0 Å². The smallest absolute Gasteiger partial charge is 0.222 e. The summed E-state index contributed by atoms with van der Waals surface area (Å²) in [5.41, 5.74) is 1.27. The molecule has 1 atom stereocenters. The number of hydrogen-bond donors (Lipinski definition) is 2. The third-order valence-electron chi connectivity index (χ3n) is 3.01. The first-order valence-corrected chi connectivity index (χ1v) is 7.92. The maximum atomic E-state index is 11.4. The lowest BCUT2D eigenvalue weighted by Gasteiger charge is -2.15. The Balaban J connectivity index is 2.30. The van der Waals surface area contributed by atoms with Gasteiger partial charge in [0.15, 0.2) is 0 Å². The Morgan fingerprint density at radius 1 is 1.16 bits per heavy atom. The van der Waals surface area contributed by atoms with Gasteiger partial charge in [0.2, 0.25) is 5.91 Å². The highest BCUT2D eigenvalue weighted by Crippen LogP contribution is 2.18. The SMILES string of the molecule is CSc1ccc(C(C)NCCNC(=O)C(C)C)cc1. The lowest BCUT2D eigenvalue weighted by molar-refractivity contribution is -0.123. The number of hydrogen-bond acceptors (Lipinski definition) is 3. The molecule has 0 heterocycles. The number of thioether (sulfide) groups is 1.